The van der Waals surface area contributed by atoms with Crippen molar-refractivity contribution in [3.8, 4) is 16.4 Å². The maximum Gasteiger partial charge on any atom is 0.230 e. The first-order valence-corrected chi connectivity index (χ1v) is 10.1. The number of para-hydroxylation sites is 1. The standard InChI is InChI=1S/C18H18N4OS2/c23-16(19-11-13-8-9-13)12-25-18-21-20-17(15-7-4-10-24-15)22(18)14-5-2-1-3-6-14/h1-7,10,13H,8-9,11-12H2,(H,19,23). The molecule has 1 amide bonds. The number of thiophene rings is 1. The Morgan fingerprint density at radius 1 is 1.20 bits per heavy atom. The number of thioether (sulfide) groups is 1. The average Bonchev–Trinajstić information content (AvgIpc) is 3.14. The van der Waals surface area contributed by atoms with Crippen molar-refractivity contribution in [3.05, 3.63) is 47.8 Å². The van der Waals surface area contributed by atoms with Crippen LogP contribution in [0.5, 0.6) is 0 Å². The lowest BCUT2D eigenvalue weighted by atomic mass is 10.3. The van der Waals surface area contributed by atoms with Crippen LogP contribution in [0.2, 0.25) is 0 Å². The van der Waals surface area contributed by atoms with Gasteiger partial charge in [0, 0.05) is 12.2 Å². The molecule has 5 nitrogen and oxygen atoms in total. The smallest absolute Gasteiger partial charge is 0.230 e. The molecule has 25 heavy (non-hydrogen) atoms. The van der Waals surface area contributed by atoms with Gasteiger partial charge in [0.1, 0.15) is 0 Å². The zero-order valence-corrected chi connectivity index (χ0v) is 15.2. The van der Waals surface area contributed by atoms with Gasteiger partial charge < -0.3 is 5.32 Å². The molecule has 4 rings (SSSR count). The fraction of sp³-hybridized carbons (Fsp3) is 0.278. The van der Waals surface area contributed by atoms with E-state index in [1.807, 2.05) is 52.4 Å². The number of rotatable bonds is 7. The predicted molar refractivity (Wildman–Crippen MR) is 101 cm³/mol. The minimum Gasteiger partial charge on any atom is -0.355 e. The van der Waals surface area contributed by atoms with Gasteiger partial charge in [-0.25, -0.2) is 0 Å². The minimum atomic E-state index is 0.0529. The molecule has 0 unspecified atom stereocenters. The lowest BCUT2D eigenvalue weighted by Gasteiger charge is -2.09. The predicted octanol–water partition coefficient (Wildman–Crippen LogP) is 3.61. The summed E-state index contributed by atoms with van der Waals surface area (Å²) in [6.45, 7) is 0.797. The summed E-state index contributed by atoms with van der Waals surface area (Å²) in [5, 5.41) is 14.4. The molecular formula is C18H18N4OS2. The number of carbonyl (C=O) groups excluding carboxylic acids is 1. The third-order valence-electron chi connectivity index (χ3n) is 4.01. The van der Waals surface area contributed by atoms with E-state index in [4.69, 9.17) is 0 Å². The van der Waals surface area contributed by atoms with Crippen LogP contribution in [-0.2, 0) is 4.79 Å². The maximum atomic E-state index is 12.0. The molecule has 2 heterocycles. The van der Waals surface area contributed by atoms with Gasteiger partial charge in [-0.05, 0) is 42.3 Å². The molecule has 0 aliphatic heterocycles. The number of nitrogens with zero attached hydrogens (tertiary/aromatic N) is 3. The van der Waals surface area contributed by atoms with Gasteiger partial charge in [-0.1, -0.05) is 36.0 Å². The molecule has 0 saturated heterocycles. The molecule has 2 aromatic heterocycles. The van der Waals surface area contributed by atoms with Crippen molar-refractivity contribution in [2.75, 3.05) is 12.3 Å². The van der Waals surface area contributed by atoms with Gasteiger partial charge in [0.05, 0.1) is 10.6 Å². The minimum absolute atomic E-state index is 0.0529. The van der Waals surface area contributed by atoms with Crippen molar-refractivity contribution < 1.29 is 4.79 Å². The molecule has 1 aliphatic carbocycles. The zero-order valence-electron chi connectivity index (χ0n) is 13.6. The van der Waals surface area contributed by atoms with Crippen LogP contribution in [0.15, 0.2) is 53.0 Å². The van der Waals surface area contributed by atoms with Gasteiger partial charge in [0.2, 0.25) is 5.91 Å². The van der Waals surface area contributed by atoms with E-state index in [1.165, 1.54) is 24.6 Å². The molecule has 1 saturated carbocycles. The quantitative estimate of drug-likeness (QED) is 0.646. The highest BCUT2D eigenvalue weighted by Crippen LogP contribution is 2.30. The largest absolute Gasteiger partial charge is 0.355 e. The van der Waals surface area contributed by atoms with Gasteiger partial charge in [-0.3, -0.25) is 9.36 Å². The van der Waals surface area contributed by atoms with Crippen LogP contribution in [0.25, 0.3) is 16.4 Å². The number of nitrogens with one attached hydrogen (secondary N) is 1. The van der Waals surface area contributed by atoms with E-state index < -0.39 is 0 Å². The molecule has 128 valence electrons. The molecule has 7 heteroatoms. The molecule has 1 aliphatic rings. The van der Waals surface area contributed by atoms with Gasteiger partial charge in [0.25, 0.3) is 0 Å². The van der Waals surface area contributed by atoms with E-state index in [2.05, 4.69) is 15.5 Å². The number of aromatic nitrogens is 3. The van der Waals surface area contributed by atoms with E-state index in [0.29, 0.717) is 11.7 Å². The lowest BCUT2D eigenvalue weighted by molar-refractivity contribution is -0.118. The highest BCUT2D eigenvalue weighted by Gasteiger charge is 2.22. The van der Waals surface area contributed by atoms with Crippen molar-refractivity contribution in [2.45, 2.75) is 18.0 Å². The Hall–Kier alpha value is -2.12. The third kappa shape index (κ3) is 3.93. The van der Waals surface area contributed by atoms with Crippen LogP contribution in [0, 0.1) is 5.92 Å². The summed E-state index contributed by atoms with van der Waals surface area (Å²) in [7, 11) is 0. The maximum absolute atomic E-state index is 12.0. The first kappa shape index (κ1) is 16.4. The van der Waals surface area contributed by atoms with E-state index in [-0.39, 0.29) is 5.91 Å². The SMILES string of the molecule is O=C(CSc1nnc(-c2cccs2)n1-c1ccccc1)NCC1CC1. The Bertz CT molecular complexity index is 841. The van der Waals surface area contributed by atoms with Crippen LogP contribution < -0.4 is 5.32 Å². The van der Waals surface area contributed by atoms with E-state index in [9.17, 15) is 4.79 Å². The van der Waals surface area contributed by atoms with Crippen LogP contribution in [0.1, 0.15) is 12.8 Å². The first-order valence-electron chi connectivity index (χ1n) is 8.25. The summed E-state index contributed by atoms with van der Waals surface area (Å²) < 4.78 is 2.02. The fourth-order valence-corrected chi connectivity index (χ4v) is 3.98. The van der Waals surface area contributed by atoms with Gasteiger partial charge in [0.15, 0.2) is 11.0 Å². The Labute approximate surface area is 154 Å². The summed E-state index contributed by atoms with van der Waals surface area (Å²) in [5.41, 5.74) is 0.997. The summed E-state index contributed by atoms with van der Waals surface area (Å²) in [6.07, 6.45) is 2.47. The monoisotopic (exact) mass is 370 g/mol. The zero-order chi connectivity index (χ0) is 17.1. The van der Waals surface area contributed by atoms with Crippen molar-refractivity contribution >= 4 is 29.0 Å². The summed E-state index contributed by atoms with van der Waals surface area (Å²) in [5.74, 6) is 1.90. The van der Waals surface area contributed by atoms with E-state index >= 15 is 0 Å². The van der Waals surface area contributed by atoms with Crippen molar-refractivity contribution in [1.29, 1.82) is 0 Å². The molecular weight excluding hydrogens is 352 g/mol. The molecule has 0 spiro atoms. The van der Waals surface area contributed by atoms with Crippen molar-refractivity contribution in [1.82, 2.24) is 20.1 Å². The number of hydrogen-bond acceptors (Lipinski definition) is 5. The number of hydrogen-bond donors (Lipinski definition) is 1. The Balaban J connectivity index is 1.55. The number of carbonyl (C=O) groups is 1. The second-order valence-corrected chi connectivity index (χ2v) is 7.88. The highest BCUT2D eigenvalue weighted by molar-refractivity contribution is 7.99. The Morgan fingerprint density at radius 3 is 2.76 bits per heavy atom. The van der Waals surface area contributed by atoms with Gasteiger partial charge in [-0.15, -0.1) is 21.5 Å². The summed E-state index contributed by atoms with van der Waals surface area (Å²) >= 11 is 3.05. The second-order valence-electron chi connectivity index (χ2n) is 5.99. The van der Waals surface area contributed by atoms with Crippen molar-refractivity contribution in [3.63, 3.8) is 0 Å². The topological polar surface area (TPSA) is 59.8 Å². The molecule has 0 radical (unpaired) electrons. The van der Waals surface area contributed by atoms with Crippen LogP contribution >= 0.6 is 23.1 Å². The normalized spacial score (nSPS) is 13.8. The summed E-state index contributed by atoms with van der Waals surface area (Å²) in [6, 6.07) is 14.0. The third-order valence-corrected chi connectivity index (χ3v) is 5.80. The highest BCUT2D eigenvalue weighted by atomic mass is 32.2. The average molecular weight is 371 g/mol. The molecule has 3 aromatic rings. The number of benzene rings is 1. The van der Waals surface area contributed by atoms with E-state index in [0.717, 1.165) is 28.1 Å². The van der Waals surface area contributed by atoms with Crippen molar-refractivity contribution in [2.24, 2.45) is 5.92 Å². The molecule has 1 N–H and O–H groups in total. The van der Waals surface area contributed by atoms with Gasteiger partial charge >= 0.3 is 0 Å². The second kappa shape index (κ2) is 7.41. The van der Waals surface area contributed by atoms with Gasteiger partial charge in [-0.2, -0.15) is 0 Å². The summed E-state index contributed by atoms with van der Waals surface area (Å²) in [4.78, 5) is 13.1. The van der Waals surface area contributed by atoms with E-state index in [1.54, 1.807) is 11.3 Å². The van der Waals surface area contributed by atoms with Crippen LogP contribution in [-0.4, -0.2) is 33.0 Å². The van der Waals surface area contributed by atoms with Crippen LogP contribution in [0.3, 0.4) is 0 Å². The molecule has 1 aromatic carbocycles. The molecule has 1 fully saturated rings. The Kier molecular flexibility index (Phi) is 4.85. The van der Waals surface area contributed by atoms with Crippen LogP contribution in [0.4, 0.5) is 0 Å². The first-order chi connectivity index (χ1) is 12.3. The Morgan fingerprint density at radius 2 is 2.04 bits per heavy atom. The fourth-order valence-electron chi connectivity index (χ4n) is 2.50. The lowest BCUT2D eigenvalue weighted by Crippen LogP contribution is -2.27. The number of amides is 1. The molecule has 0 bridgehead atoms. The molecule has 0 atom stereocenters.